The summed E-state index contributed by atoms with van der Waals surface area (Å²) in [5.74, 6) is 0.0923. The second kappa shape index (κ2) is 5.71. The Morgan fingerprint density at radius 1 is 1.30 bits per heavy atom. The first-order valence-electron chi connectivity index (χ1n) is 7.14. The predicted molar refractivity (Wildman–Crippen MR) is 85.1 cm³/mol. The molecule has 1 unspecified atom stereocenters. The van der Waals surface area contributed by atoms with E-state index in [4.69, 9.17) is 4.74 Å². The molecular formula is C15H18N6O2. The fourth-order valence-electron chi connectivity index (χ4n) is 2.65. The van der Waals surface area contributed by atoms with Gasteiger partial charge in [-0.25, -0.2) is 4.79 Å². The summed E-state index contributed by atoms with van der Waals surface area (Å²) in [5, 5.41) is 14.7. The third-order valence-corrected chi connectivity index (χ3v) is 3.84. The number of aromatic nitrogens is 4. The molecule has 1 aliphatic heterocycles. The minimum atomic E-state index is -0.426. The average Bonchev–Trinajstić information content (AvgIpc) is 3.00. The molecule has 120 valence electrons. The second-order valence-electron chi connectivity index (χ2n) is 5.49. The van der Waals surface area contributed by atoms with E-state index < -0.39 is 12.0 Å². The zero-order valence-electron chi connectivity index (χ0n) is 13.4. The number of tetrazole rings is 1. The van der Waals surface area contributed by atoms with E-state index in [1.54, 1.807) is 4.68 Å². The van der Waals surface area contributed by atoms with Crippen LogP contribution in [-0.4, -0.2) is 47.4 Å². The van der Waals surface area contributed by atoms with Crippen molar-refractivity contribution in [1.29, 1.82) is 0 Å². The number of allylic oxidation sites excluding steroid dienone is 1. The molecule has 0 bridgehead atoms. The molecule has 0 aliphatic carbocycles. The van der Waals surface area contributed by atoms with Gasteiger partial charge in [0.15, 0.2) is 0 Å². The van der Waals surface area contributed by atoms with Crippen molar-refractivity contribution in [2.75, 3.05) is 31.4 Å². The summed E-state index contributed by atoms with van der Waals surface area (Å²) in [7, 11) is 5.32. The predicted octanol–water partition coefficient (Wildman–Crippen LogP) is 1.20. The standard InChI is InChI=1S/C15H18N6O2/c1-9-12(14(22)23-4)13(21-15(16-9)17-18-19-21)10-5-7-11(8-6-10)20(2)3/h5-8,13H,1-4H3,(H,16,17,19). The largest absolute Gasteiger partial charge is 0.466 e. The van der Waals surface area contributed by atoms with Crippen molar-refractivity contribution in [1.82, 2.24) is 20.2 Å². The van der Waals surface area contributed by atoms with Crippen molar-refractivity contribution < 1.29 is 9.53 Å². The number of anilines is 2. The van der Waals surface area contributed by atoms with Gasteiger partial charge in [-0.15, -0.1) is 0 Å². The van der Waals surface area contributed by atoms with Crippen LogP contribution in [0.5, 0.6) is 0 Å². The van der Waals surface area contributed by atoms with Crippen LogP contribution in [0.1, 0.15) is 18.5 Å². The molecule has 23 heavy (non-hydrogen) atoms. The highest BCUT2D eigenvalue weighted by Gasteiger charge is 2.34. The second-order valence-corrected chi connectivity index (χ2v) is 5.49. The number of carbonyl (C=O) groups excluding carboxylic acids is 1. The number of carbonyl (C=O) groups is 1. The van der Waals surface area contributed by atoms with E-state index in [0.29, 0.717) is 17.2 Å². The maximum absolute atomic E-state index is 12.3. The van der Waals surface area contributed by atoms with Crippen LogP contribution in [0.25, 0.3) is 0 Å². The Balaban J connectivity index is 2.11. The van der Waals surface area contributed by atoms with Crippen LogP contribution >= 0.6 is 0 Å². The molecular weight excluding hydrogens is 296 g/mol. The van der Waals surface area contributed by atoms with Crippen molar-refractivity contribution in [3.05, 3.63) is 41.1 Å². The number of rotatable bonds is 3. The molecule has 0 fully saturated rings. The quantitative estimate of drug-likeness (QED) is 0.852. The lowest BCUT2D eigenvalue weighted by Crippen LogP contribution is -2.29. The molecule has 1 atom stereocenters. The molecule has 0 spiro atoms. The first kappa shape index (κ1) is 15.0. The summed E-state index contributed by atoms with van der Waals surface area (Å²) < 4.78 is 6.53. The molecule has 0 saturated heterocycles. The van der Waals surface area contributed by atoms with Crippen LogP contribution in [0.15, 0.2) is 35.5 Å². The van der Waals surface area contributed by atoms with Crippen LogP contribution in [0, 0.1) is 0 Å². The average molecular weight is 314 g/mol. The summed E-state index contributed by atoms with van der Waals surface area (Å²) in [5.41, 5.74) is 3.15. The highest BCUT2D eigenvalue weighted by Crippen LogP contribution is 2.35. The van der Waals surface area contributed by atoms with Crippen LogP contribution in [-0.2, 0) is 9.53 Å². The number of methoxy groups -OCH3 is 1. The molecule has 2 aromatic rings. The lowest BCUT2D eigenvalue weighted by atomic mass is 9.95. The normalized spacial score (nSPS) is 16.6. The van der Waals surface area contributed by atoms with E-state index in [2.05, 4.69) is 20.8 Å². The number of hydrogen-bond donors (Lipinski definition) is 1. The van der Waals surface area contributed by atoms with E-state index in [9.17, 15) is 4.79 Å². The van der Waals surface area contributed by atoms with E-state index >= 15 is 0 Å². The zero-order chi connectivity index (χ0) is 16.6. The molecule has 1 aromatic heterocycles. The number of esters is 1. The monoisotopic (exact) mass is 314 g/mol. The fourth-order valence-corrected chi connectivity index (χ4v) is 2.65. The molecule has 0 amide bonds. The van der Waals surface area contributed by atoms with Gasteiger partial charge < -0.3 is 15.0 Å². The molecule has 1 aliphatic rings. The SMILES string of the molecule is COC(=O)C1=C(C)Nc2nnnn2C1c1ccc(N(C)C)cc1. The van der Waals surface area contributed by atoms with Gasteiger partial charge in [0.25, 0.3) is 0 Å². The van der Waals surface area contributed by atoms with E-state index in [0.717, 1.165) is 11.3 Å². The van der Waals surface area contributed by atoms with Crippen molar-refractivity contribution in [3.8, 4) is 0 Å². The van der Waals surface area contributed by atoms with Gasteiger partial charge in [-0.05, 0) is 35.0 Å². The van der Waals surface area contributed by atoms with Crippen molar-refractivity contribution in [3.63, 3.8) is 0 Å². The first-order chi connectivity index (χ1) is 11.0. The molecule has 1 aromatic carbocycles. The number of hydrogen-bond acceptors (Lipinski definition) is 7. The van der Waals surface area contributed by atoms with Crippen LogP contribution in [0.2, 0.25) is 0 Å². The molecule has 0 radical (unpaired) electrons. The van der Waals surface area contributed by atoms with Crippen molar-refractivity contribution in [2.24, 2.45) is 0 Å². The molecule has 8 heteroatoms. The van der Waals surface area contributed by atoms with Crippen LogP contribution < -0.4 is 10.2 Å². The smallest absolute Gasteiger partial charge is 0.338 e. The maximum atomic E-state index is 12.3. The fraction of sp³-hybridized carbons (Fsp3) is 0.333. The third kappa shape index (κ3) is 2.52. The van der Waals surface area contributed by atoms with Crippen LogP contribution in [0.4, 0.5) is 11.6 Å². The summed E-state index contributed by atoms with van der Waals surface area (Å²) in [6.07, 6.45) is 0. The summed E-state index contributed by atoms with van der Waals surface area (Å²) in [6.45, 7) is 1.81. The Hall–Kier alpha value is -2.90. The van der Waals surface area contributed by atoms with Gasteiger partial charge in [0.1, 0.15) is 6.04 Å². The number of nitrogens with zero attached hydrogens (tertiary/aromatic N) is 5. The molecule has 1 N–H and O–H groups in total. The summed E-state index contributed by atoms with van der Waals surface area (Å²) >= 11 is 0. The van der Waals surface area contributed by atoms with Gasteiger partial charge in [-0.2, -0.15) is 4.68 Å². The summed E-state index contributed by atoms with van der Waals surface area (Å²) in [4.78, 5) is 14.3. The van der Waals surface area contributed by atoms with Gasteiger partial charge in [-0.3, -0.25) is 0 Å². The van der Waals surface area contributed by atoms with Gasteiger partial charge in [0.05, 0.1) is 12.7 Å². The Morgan fingerprint density at radius 3 is 2.61 bits per heavy atom. The van der Waals surface area contributed by atoms with Gasteiger partial charge in [0.2, 0.25) is 5.95 Å². The number of nitrogens with one attached hydrogen (secondary N) is 1. The topological polar surface area (TPSA) is 85.2 Å². The zero-order valence-corrected chi connectivity index (χ0v) is 13.4. The molecule has 8 nitrogen and oxygen atoms in total. The Kier molecular flexibility index (Phi) is 3.73. The Bertz CT molecular complexity index is 763. The lowest BCUT2D eigenvalue weighted by Gasteiger charge is -2.27. The lowest BCUT2D eigenvalue weighted by molar-refractivity contribution is -0.136. The van der Waals surface area contributed by atoms with E-state index in [1.807, 2.05) is 50.2 Å². The minimum Gasteiger partial charge on any atom is -0.466 e. The maximum Gasteiger partial charge on any atom is 0.338 e. The molecule has 0 saturated carbocycles. The van der Waals surface area contributed by atoms with E-state index in [1.165, 1.54) is 7.11 Å². The highest BCUT2D eigenvalue weighted by molar-refractivity contribution is 5.92. The van der Waals surface area contributed by atoms with Crippen molar-refractivity contribution in [2.45, 2.75) is 13.0 Å². The van der Waals surface area contributed by atoms with E-state index in [-0.39, 0.29) is 0 Å². The van der Waals surface area contributed by atoms with Gasteiger partial charge >= 0.3 is 5.97 Å². The Morgan fingerprint density at radius 2 is 2.00 bits per heavy atom. The van der Waals surface area contributed by atoms with Gasteiger partial charge in [-0.1, -0.05) is 17.2 Å². The number of benzene rings is 1. The first-order valence-corrected chi connectivity index (χ1v) is 7.14. The molecule has 2 heterocycles. The number of ether oxygens (including phenoxy) is 1. The molecule has 3 rings (SSSR count). The number of fused-ring (bicyclic) bond motifs is 1. The minimum absolute atomic E-state index is 0.405. The highest BCUT2D eigenvalue weighted by atomic mass is 16.5. The van der Waals surface area contributed by atoms with Crippen molar-refractivity contribution >= 4 is 17.6 Å². The van der Waals surface area contributed by atoms with Crippen LogP contribution in [0.3, 0.4) is 0 Å². The third-order valence-electron chi connectivity index (χ3n) is 3.84. The summed E-state index contributed by atoms with van der Waals surface area (Å²) in [6, 6.07) is 7.49. The Labute approximate surface area is 133 Å². The van der Waals surface area contributed by atoms with Gasteiger partial charge in [0, 0.05) is 25.5 Å².